The van der Waals surface area contributed by atoms with E-state index in [4.69, 9.17) is 0 Å². The molecule has 1 aliphatic rings. The zero-order chi connectivity index (χ0) is 14.0. The Morgan fingerprint density at radius 1 is 1.32 bits per heavy atom. The van der Waals surface area contributed by atoms with E-state index in [0.29, 0.717) is 11.4 Å². The summed E-state index contributed by atoms with van der Waals surface area (Å²) in [4.78, 5) is -0.505. The van der Waals surface area contributed by atoms with Gasteiger partial charge in [-0.15, -0.1) is 0 Å². The van der Waals surface area contributed by atoms with Gasteiger partial charge in [0.25, 0.3) is 0 Å². The molecule has 0 saturated heterocycles. The summed E-state index contributed by atoms with van der Waals surface area (Å²) in [6.07, 6.45) is 2.61. The molecule has 7 heteroatoms. The van der Waals surface area contributed by atoms with Crippen LogP contribution in [0, 0.1) is 17.6 Å². The van der Waals surface area contributed by atoms with Crippen molar-refractivity contribution in [3.05, 3.63) is 29.8 Å². The van der Waals surface area contributed by atoms with Crippen LogP contribution in [-0.4, -0.2) is 19.8 Å². The standard InChI is InChI=1S/C12H14BrF2NO2S/c13-7-8-2-1-3-11(8)16-19(17,18)12-5-4-9(14)6-10(12)15/h4-6,8,11,16H,1-3,7H2. The highest BCUT2D eigenvalue weighted by atomic mass is 79.9. The van der Waals surface area contributed by atoms with E-state index in [-0.39, 0.29) is 12.0 Å². The molecule has 1 aromatic rings. The molecule has 0 amide bonds. The Balaban J connectivity index is 2.23. The van der Waals surface area contributed by atoms with Crippen LogP contribution in [0.15, 0.2) is 23.1 Å². The van der Waals surface area contributed by atoms with Gasteiger partial charge in [0.1, 0.15) is 16.5 Å². The lowest BCUT2D eigenvalue weighted by molar-refractivity contribution is 0.479. The van der Waals surface area contributed by atoms with Crippen LogP contribution in [0.1, 0.15) is 19.3 Å². The van der Waals surface area contributed by atoms with E-state index in [0.717, 1.165) is 31.4 Å². The third-order valence-electron chi connectivity index (χ3n) is 3.35. The quantitative estimate of drug-likeness (QED) is 0.846. The zero-order valence-electron chi connectivity index (χ0n) is 10.1. The predicted octanol–water partition coefficient (Wildman–Crippen LogP) is 2.81. The minimum Gasteiger partial charge on any atom is -0.208 e. The predicted molar refractivity (Wildman–Crippen MR) is 71.6 cm³/mol. The molecule has 19 heavy (non-hydrogen) atoms. The number of hydrogen-bond acceptors (Lipinski definition) is 2. The zero-order valence-corrected chi connectivity index (χ0v) is 12.5. The van der Waals surface area contributed by atoms with E-state index in [2.05, 4.69) is 20.7 Å². The summed E-state index contributed by atoms with van der Waals surface area (Å²) in [5.41, 5.74) is 0. The molecule has 2 atom stereocenters. The van der Waals surface area contributed by atoms with E-state index < -0.39 is 26.6 Å². The topological polar surface area (TPSA) is 46.2 Å². The molecular weight excluding hydrogens is 340 g/mol. The Labute approximate surface area is 119 Å². The molecule has 1 saturated carbocycles. The maximum atomic E-state index is 13.5. The first kappa shape index (κ1) is 14.9. The monoisotopic (exact) mass is 353 g/mol. The summed E-state index contributed by atoms with van der Waals surface area (Å²) in [6, 6.07) is 2.26. The minimum atomic E-state index is -3.95. The first-order valence-electron chi connectivity index (χ1n) is 5.97. The maximum Gasteiger partial charge on any atom is 0.243 e. The van der Waals surface area contributed by atoms with E-state index in [1.165, 1.54) is 0 Å². The number of benzene rings is 1. The molecule has 0 radical (unpaired) electrons. The van der Waals surface area contributed by atoms with Gasteiger partial charge in [0.15, 0.2) is 0 Å². The average molecular weight is 354 g/mol. The number of alkyl halides is 1. The molecule has 1 aromatic carbocycles. The fourth-order valence-corrected chi connectivity index (χ4v) is 4.51. The van der Waals surface area contributed by atoms with E-state index in [1.54, 1.807) is 0 Å². The van der Waals surface area contributed by atoms with Gasteiger partial charge in [-0.1, -0.05) is 22.4 Å². The lowest BCUT2D eigenvalue weighted by Gasteiger charge is -2.19. The number of halogens is 3. The van der Waals surface area contributed by atoms with Crippen LogP contribution in [0.3, 0.4) is 0 Å². The summed E-state index contributed by atoms with van der Waals surface area (Å²) in [5, 5.41) is 0.700. The first-order chi connectivity index (χ1) is 8.94. The number of sulfonamides is 1. The van der Waals surface area contributed by atoms with Crippen LogP contribution in [0.4, 0.5) is 8.78 Å². The molecule has 0 heterocycles. The molecular formula is C12H14BrF2NO2S. The maximum absolute atomic E-state index is 13.5. The van der Waals surface area contributed by atoms with Crippen LogP contribution >= 0.6 is 15.9 Å². The van der Waals surface area contributed by atoms with Crippen LogP contribution in [0.25, 0.3) is 0 Å². The van der Waals surface area contributed by atoms with Crippen molar-refractivity contribution in [3.8, 4) is 0 Å². The number of nitrogens with one attached hydrogen (secondary N) is 1. The van der Waals surface area contributed by atoms with Crippen LogP contribution in [0.5, 0.6) is 0 Å². The van der Waals surface area contributed by atoms with Gasteiger partial charge >= 0.3 is 0 Å². The fraction of sp³-hybridized carbons (Fsp3) is 0.500. The van der Waals surface area contributed by atoms with Crippen LogP contribution < -0.4 is 4.72 Å². The van der Waals surface area contributed by atoms with Crippen molar-refractivity contribution in [1.82, 2.24) is 4.72 Å². The molecule has 106 valence electrons. The summed E-state index contributed by atoms with van der Waals surface area (Å²) >= 11 is 3.35. The summed E-state index contributed by atoms with van der Waals surface area (Å²) in [6.45, 7) is 0. The number of rotatable bonds is 4. The third-order valence-corrected chi connectivity index (χ3v) is 5.70. The first-order valence-corrected chi connectivity index (χ1v) is 8.58. The molecule has 0 aromatic heterocycles. The highest BCUT2D eigenvalue weighted by Gasteiger charge is 2.31. The van der Waals surface area contributed by atoms with Gasteiger partial charge < -0.3 is 0 Å². The minimum absolute atomic E-state index is 0.200. The summed E-state index contributed by atoms with van der Waals surface area (Å²) < 4.78 is 53.0. The second-order valence-corrected chi connectivity index (χ2v) is 6.98. The van der Waals surface area contributed by atoms with Gasteiger partial charge in [0.05, 0.1) is 0 Å². The van der Waals surface area contributed by atoms with Gasteiger partial charge in [-0.3, -0.25) is 0 Å². The van der Waals surface area contributed by atoms with Gasteiger partial charge in [-0.05, 0) is 30.9 Å². The average Bonchev–Trinajstić information content (AvgIpc) is 2.74. The van der Waals surface area contributed by atoms with Gasteiger partial charge in [-0.2, -0.15) is 0 Å². The Kier molecular flexibility index (Phi) is 4.58. The van der Waals surface area contributed by atoms with Gasteiger partial charge in [0, 0.05) is 17.4 Å². The van der Waals surface area contributed by atoms with Gasteiger partial charge in [0.2, 0.25) is 10.0 Å². The normalized spacial score (nSPS) is 23.7. The smallest absolute Gasteiger partial charge is 0.208 e. The SMILES string of the molecule is O=S(=O)(NC1CCCC1CBr)c1ccc(F)cc1F. The van der Waals surface area contributed by atoms with Gasteiger partial charge in [-0.25, -0.2) is 21.9 Å². The Morgan fingerprint density at radius 3 is 2.68 bits per heavy atom. The third kappa shape index (κ3) is 3.32. The second-order valence-electron chi connectivity index (χ2n) is 4.65. The molecule has 1 N–H and O–H groups in total. The van der Waals surface area contributed by atoms with Crippen molar-refractivity contribution in [1.29, 1.82) is 0 Å². The van der Waals surface area contributed by atoms with Crippen molar-refractivity contribution in [2.75, 3.05) is 5.33 Å². The molecule has 3 nitrogen and oxygen atoms in total. The largest absolute Gasteiger partial charge is 0.243 e. The Hall–Kier alpha value is -0.530. The molecule has 0 spiro atoms. The van der Waals surface area contributed by atoms with Crippen molar-refractivity contribution >= 4 is 26.0 Å². The summed E-state index contributed by atoms with van der Waals surface area (Å²) in [5.74, 6) is -1.66. The fourth-order valence-electron chi connectivity index (χ4n) is 2.33. The van der Waals surface area contributed by atoms with Crippen molar-refractivity contribution in [2.45, 2.75) is 30.2 Å². The van der Waals surface area contributed by atoms with E-state index in [9.17, 15) is 17.2 Å². The van der Waals surface area contributed by atoms with Crippen LogP contribution in [-0.2, 0) is 10.0 Å². The molecule has 1 aliphatic carbocycles. The lowest BCUT2D eigenvalue weighted by atomic mass is 10.1. The molecule has 1 fully saturated rings. The highest BCUT2D eigenvalue weighted by molar-refractivity contribution is 9.09. The molecule has 0 bridgehead atoms. The highest BCUT2D eigenvalue weighted by Crippen LogP contribution is 2.28. The Bertz CT molecular complexity index is 565. The molecule has 2 unspecified atom stereocenters. The summed E-state index contributed by atoms with van der Waals surface area (Å²) in [7, 11) is -3.95. The van der Waals surface area contributed by atoms with E-state index >= 15 is 0 Å². The lowest BCUT2D eigenvalue weighted by Crippen LogP contribution is -2.38. The van der Waals surface area contributed by atoms with Crippen molar-refractivity contribution in [3.63, 3.8) is 0 Å². The van der Waals surface area contributed by atoms with Crippen LogP contribution in [0.2, 0.25) is 0 Å². The van der Waals surface area contributed by atoms with E-state index in [1.807, 2.05) is 0 Å². The molecule has 2 rings (SSSR count). The Morgan fingerprint density at radius 2 is 2.05 bits per heavy atom. The van der Waals surface area contributed by atoms with Crippen molar-refractivity contribution < 1.29 is 17.2 Å². The number of hydrogen-bond donors (Lipinski definition) is 1. The van der Waals surface area contributed by atoms with Crippen molar-refractivity contribution in [2.24, 2.45) is 5.92 Å². The second kappa shape index (κ2) is 5.85. The molecule has 0 aliphatic heterocycles.